The second-order valence-corrected chi connectivity index (χ2v) is 10.6. The molecule has 1 amide bonds. The molecule has 0 aliphatic carbocycles. The van der Waals surface area contributed by atoms with Crippen molar-refractivity contribution in [2.45, 2.75) is 44.7 Å². The summed E-state index contributed by atoms with van der Waals surface area (Å²) < 4.78 is 27.7. The average Bonchev–Trinajstić information content (AvgIpc) is 3.11. The molecule has 0 unspecified atom stereocenters. The van der Waals surface area contributed by atoms with Crippen molar-refractivity contribution in [2.24, 2.45) is 5.92 Å². The quantitative estimate of drug-likeness (QED) is 0.762. The lowest BCUT2D eigenvalue weighted by atomic mass is 9.83. The van der Waals surface area contributed by atoms with Crippen LogP contribution in [0.3, 0.4) is 0 Å². The summed E-state index contributed by atoms with van der Waals surface area (Å²) in [5.41, 5.74) is 1.38. The first-order valence-electron chi connectivity index (χ1n) is 10.9. The summed E-state index contributed by atoms with van der Waals surface area (Å²) in [6, 6.07) is 7.94. The van der Waals surface area contributed by atoms with E-state index in [1.165, 1.54) is 45.2 Å². The Labute approximate surface area is 179 Å². The van der Waals surface area contributed by atoms with Gasteiger partial charge in [-0.15, -0.1) is 0 Å². The summed E-state index contributed by atoms with van der Waals surface area (Å²) in [6.07, 6.45) is 9.27. The van der Waals surface area contributed by atoms with E-state index in [1.807, 2.05) is 34.8 Å². The van der Waals surface area contributed by atoms with Gasteiger partial charge < -0.3 is 14.4 Å². The summed E-state index contributed by atoms with van der Waals surface area (Å²) in [5.74, 6) is 0.641. The number of amides is 1. The van der Waals surface area contributed by atoms with Gasteiger partial charge in [0.25, 0.3) is 0 Å². The molecule has 2 fully saturated rings. The number of rotatable bonds is 6. The molecule has 0 spiro atoms. The molecule has 7 nitrogen and oxygen atoms in total. The first kappa shape index (κ1) is 21.2. The maximum Gasteiger partial charge on any atom is 0.242 e. The van der Waals surface area contributed by atoms with Crippen molar-refractivity contribution in [2.75, 3.05) is 37.7 Å². The Balaban J connectivity index is 1.44. The number of benzene rings is 1. The molecule has 0 saturated carbocycles. The zero-order valence-corrected chi connectivity index (χ0v) is 18.7. The van der Waals surface area contributed by atoms with E-state index in [9.17, 15) is 13.2 Å². The second-order valence-electron chi connectivity index (χ2n) is 8.83. The Morgan fingerprint density at radius 2 is 1.97 bits per heavy atom. The molecule has 1 aromatic carbocycles. The normalized spacial score (nSPS) is 22.6. The fourth-order valence-corrected chi connectivity index (χ4v) is 5.74. The van der Waals surface area contributed by atoms with E-state index >= 15 is 0 Å². The molecule has 30 heavy (non-hydrogen) atoms. The molecule has 0 bridgehead atoms. The molecular formula is C22H32N4O3S. The first-order valence-corrected chi connectivity index (χ1v) is 12.7. The minimum absolute atomic E-state index is 0.0851. The zero-order chi connectivity index (χ0) is 21.3. The van der Waals surface area contributed by atoms with Crippen molar-refractivity contribution in [3.63, 3.8) is 0 Å². The van der Waals surface area contributed by atoms with E-state index in [4.69, 9.17) is 0 Å². The minimum atomic E-state index is -3.36. The highest BCUT2D eigenvalue weighted by atomic mass is 32.2. The van der Waals surface area contributed by atoms with E-state index in [0.717, 1.165) is 23.7 Å². The Morgan fingerprint density at radius 1 is 1.17 bits per heavy atom. The number of carbonyl (C=O) groups excluding carboxylic acids is 1. The third-order valence-corrected chi connectivity index (χ3v) is 7.17. The van der Waals surface area contributed by atoms with Gasteiger partial charge in [-0.1, -0.05) is 12.5 Å². The molecule has 2 aromatic rings. The van der Waals surface area contributed by atoms with Crippen LogP contribution in [0.1, 0.15) is 32.1 Å². The lowest BCUT2D eigenvalue weighted by molar-refractivity contribution is -0.131. The molecular weight excluding hydrogens is 400 g/mol. The molecule has 2 saturated heterocycles. The molecule has 0 radical (unpaired) electrons. The topological polar surface area (TPSA) is 74.7 Å². The molecule has 2 atom stereocenters. The Hall–Kier alpha value is -2.06. The summed E-state index contributed by atoms with van der Waals surface area (Å²) >= 11 is 0. The number of aromatic nitrogens is 1. The summed E-state index contributed by atoms with van der Waals surface area (Å²) in [7, 11) is -1.45. The van der Waals surface area contributed by atoms with Gasteiger partial charge >= 0.3 is 0 Å². The van der Waals surface area contributed by atoms with Gasteiger partial charge in [-0.2, -0.15) is 0 Å². The van der Waals surface area contributed by atoms with Crippen molar-refractivity contribution in [3.8, 4) is 0 Å². The predicted octanol–water partition coefficient (Wildman–Crippen LogP) is 2.74. The fourth-order valence-electron chi connectivity index (χ4n) is 5.16. The number of hydrogen-bond donors (Lipinski definition) is 1. The highest BCUT2D eigenvalue weighted by molar-refractivity contribution is 7.92. The monoisotopic (exact) mass is 432 g/mol. The van der Waals surface area contributed by atoms with E-state index < -0.39 is 10.0 Å². The molecule has 3 heterocycles. The van der Waals surface area contributed by atoms with Gasteiger partial charge in [-0.25, -0.2) is 8.42 Å². The van der Waals surface area contributed by atoms with E-state index in [0.29, 0.717) is 17.6 Å². The summed E-state index contributed by atoms with van der Waals surface area (Å²) in [4.78, 5) is 17.5. The zero-order valence-electron chi connectivity index (χ0n) is 17.9. The first-order chi connectivity index (χ1) is 14.3. The molecule has 2 aliphatic rings. The van der Waals surface area contributed by atoms with Gasteiger partial charge in [0.15, 0.2) is 0 Å². The van der Waals surface area contributed by atoms with Crippen LogP contribution in [0, 0.1) is 5.92 Å². The van der Waals surface area contributed by atoms with Crippen molar-refractivity contribution in [1.29, 1.82) is 0 Å². The number of carbonyl (C=O) groups is 1. The van der Waals surface area contributed by atoms with Crippen LogP contribution in [-0.4, -0.2) is 67.7 Å². The van der Waals surface area contributed by atoms with Crippen LogP contribution in [0.15, 0.2) is 30.5 Å². The van der Waals surface area contributed by atoms with E-state index in [-0.39, 0.29) is 12.5 Å². The Morgan fingerprint density at radius 3 is 2.77 bits per heavy atom. The summed E-state index contributed by atoms with van der Waals surface area (Å²) in [5, 5.41) is 0.795. The summed E-state index contributed by atoms with van der Waals surface area (Å²) in [6.45, 7) is 3.47. The molecule has 1 aromatic heterocycles. The van der Waals surface area contributed by atoms with Crippen LogP contribution < -0.4 is 4.72 Å². The van der Waals surface area contributed by atoms with Crippen LogP contribution in [0.2, 0.25) is 0 Å². The van der Waals surface area contributed by atoms with E-state index in [2.05, 4.69) is 9.62 Å². The Bertz CT molecular complexity index is 1010. The number of piperidine rings is 2. The number of nitrogens with one attached hydrogen (secondary N) is 1. The van der Waals surface area contributed by atoms with Crippen molar-refractivity contribution in [1.82, 2.24) is 14.4 Å². The highest BCUT2D eigenvalue weighted by Gasteiger charge is 2.34. The third-order valence-electron chi connectivity index (χ3n) is 6.58. The number of fused-ring (bicyclic) bond motifs is 2. The second kappa shape index (κ2) is 8.59. The number of hydrogen-bond acceptors (Lipinski definition) is 4. The SMILES string of the molecule is CN(C[C@@H]1CCCN2CCCC[C@H]12)C(=O)Cn1ccc2c(NS(C)(=O)=O)cccc21. The maximum absolute atomic E-state index is 13.0. The van der Waals surface area contributed by atoms with Crippen molar-refractivity contribution >= 4 is 32.5 Å². The van der Waals surface area contributed by atoms with Crippen molar-refractivity contribution in [3.05, 3.63) is 30.5 Å². The average molecular weight is 433 g/mol. The number of nitrogens with zero attached hydrogens (tertiary/aromatic N) is 3. The van der Waals surface area contributed by atoms with E-state index in [1.54, 1.807) is 12.1 Å². The highest BCUT2D eigenvalue weighted by Crippen LogP contribution is 2.31. The van der Waals surface area contributed by atoms with Gasteiger partial charge in [0.2, 0.25) is 15.9 Å². The number of anilines is 1. The molecule has 8 heteroatoms. The van der Waals surface area contributed by atoms with Crippen LogP contribution in [0.5, 0.6) is 0 Å². The largest absolute Gasteiger partial charge is 0.344 e. The van der Waals surface area contributed by atoms with Crippen molar-refractivity contribution < 1.29 is 13.2 Å². The van der Waals surface area contributed by atoms with Gasteiger partial charge in [-0.3, -0.25) is 9.52 Å². The van der Waals surface area contributed by atoms with Crippen LogP contribution in [0.25, 0.3) is 10.9 Å². The molecule has 2 aliphatic heterocycles. The molecule has 4 rings (SSSR count). The maximum atomic E-state index is 13.0. The predicted molar refractivity (Wildman–Crippen MR) is 120 cm³/mol. The van der Waals surface area contributed by atoms with Crippen LogP contribution in [0.4, 0.5) is 5.69 Å². The lowest BCUT2D eigenvalue weighted by Crippen LogP contribution is -2.51. The van der Waals surface area contributed by atoms with Gasteiger partial charge in [0, 0.05) is 31.2 Å². The van der Waals surface area contributed by atoms with Crippen LogP contribution in [-0.2, 0) is 21.4 Å². The third kappa shape index (κ3) is 4.64. The van der Waals surface area contributed by atoms with Crippen LogP contribution >= 0.6 is 0 Å². The standard InChI is InChI=1S/C22H32N4O3S/c1-24(15-17-7-6-13-25-12-4-3-9-20(17)25)22(27)16-26-14-11-18-19(23-30(2,28)29)8-5-10-21(18)26/h5,8,10-11,14,17,20,23H,3-4,6-7,9,12-13,15-16H2,1-2H3/t17-,20+/m0/s1. The fraction of sp³-hybridized carbons (Fsp3) is 0.591. The minimum Gasteiger partial charge on any atom is -0.344 e. The number of likely N-dealkylation sites (N-methyl/N-ethyl adjacent to an activating group) is 1. The number of sulfonamides is 1. The molecule has 164 valence electrons. The smallest absolute Gasteiger partial charge is 0.242 e. The van der Waals surface area contributed by atoms with Gasteiger partial charge in [-0.05, 0) is 62.9 Å². The molecule has 1 N–H and O–H groups in total. The Kier molecular flexibility index (Phi) is 6.06. The van der Waals surface area contributed by atoms with Gasteiger partial charge in [0.1, 0.15) is 6.54 Å². The lowest BCUT2D eigenvalue weighted by Gasteiger charge is -2.45. The van der Waals surface area contributed by atoms with Gasteiger partial charge in [0.05, 0.1) is 17.5 Å².